The number of hydrogen-bond acceptors (Lipinski definition) is 8. The molecule has 0 aliphatic carbocycles. The van der Waals surface area contributed by atoms with Crippen LogP contribution in [0.1, 0.15) is 109 Å². The maximum Gasteiger partial charge on any atom is 0.234 e. The fourth-order valence-electron chi connectivity index (χ4n) is 4.02. The number of aromatic amines is 1. The molecule has 0 spiro atoms. The van der Waals surface area contributed by atoms with Crippen molar-refractivity contribution in [3.8, 4) is 0 Å². The molecule has 12 nitrogen and oxygen atoms in total. The molecule has 0 saturated carbocycles. The van der Waals surface area contributed by atoms with Crippen LogP contribution in [0.15, 0.2) is 0 Å². The van der Waals surface area contributed by atoms with Crippen molar-refractivity contribution in [1.29, 1.82) is 0 Å². The van der Waals surface area contributed by atoms with Crippen molar-refractivity contribution in [3.63, 3.8) is 0 Å². The molecule has 1 rings (SSSR count). The van der Waals surface area contributed by atoms with Crippen LogP contribution in [-0.4, -0.2) is 73.0 Å². The van der Waals surface area contributed by atoms with E-state index < -0.39 is 15.9 Å². The molecule has 1 aromatic heterocycles. The van der Waals surface area contributed by atoms with Gasteiger partial charge in [-0.15, -0.1) is 5.10 Å². The van der Waals surface area contributed by atoms with Gasteiger partial charge in [0.05, 0.1) is 19.0 Å². The van der Waals surface area contributed by atoms with Crippen LogP contribution in [0.25, 0.3) is 0 Å². The Labute approximate surface area is 227 Å². The van der Waals surface area contributed by atoms with Gasteiger partial charge in [-0.3, -0.25) is 14.3 Å². The lowest BCUT2D eigenvalue weighted by molar-refractivity contribution is -0.121. The SMILES string of the molecule is [O]CCOCCNC(=O)CCCS(=O)(=O)NC(=O)CCCCCCCCCCCCCCCc1nnn[nH]1. The molecule has 1 radical (unpaired) electrons. The molecule has 13 heteroatoms. The standard InChI is InChI=1S/C25H47N6O6S/c32-19-21-37-20-18-26-24(33)17-14-22-38(35,36)29-25(34)16-13-11-9-7-5-3-1-2-4-6-8-10-12-15-23-27-30-31-28-23/h1-22H2,(H,26,33)(H,29,34)(H,27,28,30,31). The van der Waals surface area contributed by atoms with E-state index in [1.54, 1.807) is 0 Å². The Morgan fingerprint density at radius 3 is 1.92 bits per heavy atom. The van der Waals surface area contributed by atoms with E-state index in [0.29, 0.717) is 6.42 Å². The highest BCUT2D eigenvalue weighted by molar-refractivity contribution is 7.90. The Morgan fingerprint density at radius 2 is 1.34 bits per heavy atom. The zero-order chi connectivity index (χ0) is 27.7. The van der Waals surface area contributed by atoms with E-state index in [-0.39, 0.29) is 57.3 Å². The van der Waals surface area contributed by atoms with E-state index in [4.69, 9.17) is 4.74 Å². The van der Waals surface area contributed by atoms with E-state index >= 15 is 0 Å². The summed E-state index contributed by atoms with van der Waals surface area (Å²) in [5.41, 5.74) is 0. The van der Waals surface area contributed by atoms with Crippen molar-refractivity contribution in [1.82, 2.24) is 30.7 Å². The Hall–Kier alpha value is -2.12. The van der Waals surface area contributed by atoms with Crippen LogP contribution >= 0.6 is 0 Å². The first-order chi connectivity index (χ1) is 18.4. The topological polar surface area (TPSA) is 176 Å². The van der Waals surface area contributed by atoms with Crippen molar-refractivity contribution in [2.75, 3.05) is 32.1 Å². The van der Waals surface area contributed by atoms with Crippen LogP contribution in [0.5, 0.6) is 0 Å². The second kappa shape index (κ2) is 22.8. The normalized spacial score (nSPS) is 11.5. The summed E-state index contributed by atoms with van der Waals surface area (Å²) in [4.78, 5) is 23.6. The molecule has 38 heavy (non-hydrogen) atoms. The van der Waals surface area contributed by atoms with E-state index in [0.717, 1.165) is 37.9 Å². The molecule has 0 saturated heterocycles. The Bertz CT molecular complexity index is 822. The monoisotopic (exact) mass is 559 g/mol. The molecular weight excluding hydrogens is 512 g/mol. The Morgan fingerprint density at radius 1 is 0.763 bits per heavy atom. The molecule has 0 aliphatic rings. The number of hydrogen-bond donors (Lipinski definition) is 3. The van der Waals surface area contributed by atoms with Crippen molar-refractivity contribution in [2.45, 2.75) is 109 Å². The molecule has 0 bridgehead atoms. The lowest BCUT2D eigenvalue weighted by Gasteiger charge is -2.08. The summed E-state index contributed by atoms with van der Waals surface area (Å²) >= 11 is 0. The minimum atomic E-state index is -3.73. The van der Waals surface area contributed by atoms with E-state index in [1.165, 1.54) is 51.4 Å². The van der Waals surface area contributed by atoms with Gasteiger partial charge >= 0.3 is 0 Å². The largest absolute Gasteiger partial charge is 0.377 e. The number of H-pyrrole nitrogens is 1. The third-order valence-corrected chi connectivity index (χ3v) is 7.45. The highest BCUT2D eigenvalue weighted by Gasteiger charge is 2.15. The number of rotatable bonds is 26. The molecule has 219 valence electrons. The van der Waals surface area contributed by atoms with Crippen molar-refractivity contribution in [3.05, 3.63) is 5.82 Å². The number of nitrogens with zero attached hydrogens (tertiary/aromatic N) is 3. The summed E-state index contributed by atoms with van der Waals surface area (Å²) in [6, 6.07) is 0. The van der Waals surface area contributed by atoms with Crippen LogP contribution in [0, 0.1) is 0 Å². The first kappa shape index (κ1) is 33.9. The summed E-state index contributed by atoms with van der Waals surface area (Å²) < 4.78 is 31.1. The molecular formula is C25H47N6O6S. The van der Waals surface area contributed by atoms with Crippen LogP contribution in [0.2, 0.25) is 0 Å². The summed E-state index contributed by atoms with van der Waals surface area (Å²) in [6.07, 6.45) is 16.2. The van der Waals surface area contributed by atoms with Gasteiger partial charge in [0.15, 0.2) is 0 Å². The summed E-state index contributed by atoms with van der Waals surface area (Å²) in [5, 5.41) is 26.6. The Balaban J connectivity index is 1.86. The van der Waals surface area contributed by atoms with E-state index in [1.807, 2.05) is 0 Å². The van der Waals surface area contributed by atoms with Crippen LogP contribution in [-0.2, 0) is 35.9 Å². The predicted molar refractivity (Wildman–Crippen MR) is 143 cm³/mol. The number of nitrogens with one attached hydrogen (secondary N) is 3. The smallest absolute Gasteiger partial charge is 0.234 e. The number of carbonyl (C=O) groups is 2. The fourth-order valence-corrected chi connectivity index (χ4v) is 5.09. The van der Waals surface area contributed by atoms with Crippen molar-refractivity contribution < 1.29 is 27.9 Å². The summed E-state index contributed by atoms with van der Waals surface area (Å²) in [5.74, 6) is -0.188. The fraction of sp³-hybridized carbons (Fsp3) is 0.880. The van der Waals surface area contributed by atoms with Gasteiger partial charge in [-0.05, 0) is 29.7 Å². The van der Waals surface area contributed by atoms with Crippen molar-refractivity contribution in [2.24, 2.45) is 0 Å². The van der Waals surface area contributed by atoms with E-state index in [2.05, 4.69) is 30.7 Å². The highest BCUT2D eigenvalue weighted by Crippen LogP contribution is 2.13. The maximum atomic E-state index is 12.0. The van der Waals surface area contributed by atoms with Crippen LogP contribution in [0.4, 0.5) is 0 Å². The molecule has 0 atom stereocenters. The van der Waals surface area contributed by atoms with Gasteiger partial charge in [-0.1, -0.05) is 70.6 Å². The molecule has 2 amide bonds. The molecule has 0 aromatic carbocycles. The number of sulfonamides is 1. The van der Waals surface area contributed by atoms with Gasteiger partial charge in [0, 0.05) is 25.8 Å². The molecule has 0 aliphatic heterocycles. The van der Waals surface area contributed by atoms with Gasteiger partial charge in [0.1, 0.15) is 12.4 Å². The van der Waals surface area contributed by atoms with Crippen LogP contribution in [0.3, 0.4) is 0 Å². The minimum absolute atomic E-state index is 0.0420. The number of aromatic nitrogens is 4. The molecule has 0 fully saturated rings. The summed E-state index contributed by atoms with van der Waals surface area (Å²) in [6.45, 7) is 0.287. The van der Waals surface area contributed by atoms with Gasteiger partial charge in [-0.25, -0.2) is 18.6 Å². The first-order valence-electron chi connectivity index (χ1n) is 14.1. The molecule has 0 unspecified atom stereocenters. The number of amides is 2. The third kappa shape index (κ3) is 20.9. The van der Waals surface area contributed by atoms with Crippen LogP contribution < -0.4 is 10.0 Å². The third-order valence-electron chi connectivity index (χ3n) is 6.09. The number of tetrazole rings is 1. The average Bonchev–Trinajstić information content (AvgIpc) is 3.39. The van der Waals surface area contributed by atoms with Gasteiger partial charge in [0.25, 0.3) is 0 Å². The first-order valence-corrected chi connectivity index (χ1v) is 15.8. The molecule has 1 heterocycles. The predicted octanol–water partition coefficient (Wildman–Crippen LogP) is 2.99. The molecule has 1 aromatic rings. The second-order valence-corrected chi connectivity index (χ2v) is 11.4. The quantitative estimate of drug-likeness (QED) is 0.145. The average molecular weight is 560 g/mol. The Kier molecular flexibility index (Phi) is 20.4. The number of aryl methyl sites for hydroxylation is 1. The summed E-state index contributed by atoms with van der Waals surface area (Å²) in [7, 11) is -3.73. The molecule has 3 N–H and O–H groups in total. The number of unbranched alkanes of at least 4 members (excludes halogenated alkanes) is 12. The van der Waals surface area contributed by atoms with Gasteiger partial charge in [-0.2, -0.15) is 0 Å². The lowest BCUT2D eigenvalue weighted by atomic mass is 10.0. The number of ether oxygens (including phenoxy) is 1. The minimum Gasteiger partial charge on any atom is -0.377 e. The second-order valence-electron chi connectivity index (χ2n) is 9.56. The van der Waals surface area contributed by atoms with Gasteiger partial charge in [0.2, 0.25) is 21.8 Å². The number of carbonyl (C=O) groups excluding carboxylic acids is 2. The van der Waals surface area contributed by atoms with Crippen molar-refractivity contribution >= 4 is 21.8 Å². The van der Waals surface area contributed by atoms with E-state index in [9.17, 15) is 23.1 Å². The lowest BCUT2D eigenvalue weighted by Crippen LogP contribution is -2.33. The zero-order valence-electron chi connectivity index (χ0n) is 22.8. The highest BCUT2D eigenvalue weighted by atomic mass is 32.2. The van der Waals surface area contributed by atoms with Gasteiger partial charge < -0.3 is 10.1 Å². The maximum absolute atomic E-state index is 12.0. The zero-order valence-corrected chi connectivity index (χ0v) is 23.6.